The van der Waals surface area contributed by atoms with Crippen molar-refractivity contribution in [3.05, 3.63) is 29.3 Å². The Morgan fingerprint density at radius 2 is 1.79 bits per heavy atom. The lowest BCUT2D eigenvalue weighted by Crippen LogP contribution is -2.36. The van der Waals surface area contributed by atoms with Crippen molar-refractivity contribution >= 4 is 11.6 Å². The highest BCUT2D eigenvalue weighted by Crippen LogP contribution is 2.20. The van der Waals surface area contributed by atoms with E-state index < -0.39 is 17.5 Å². The Kier molecular flexibility index (Phi) is 4.86. The summed E-state index contributed by atoms with van der Waals surface area (Å²) in [6.07, 6.45) is 0.825. The number of nitrogens with zero attached hydrogens (tertiary/aromatic N) is 1. The molecule has 0 aliphatic carbocycles. The number of amides is 1. The molecule has 1 rings (SSSR count). The first-order valence-corrected chi connectivity index (χ1v) is 6.25. The summed E-state index contributed by atoms with van der Waals surface area (Å²) in [5.74, 6) is -2.08. The van der Waals surface area contributed by atoms with Gasteiger partial charge in [0.05, 0.1) is 5.56 Å². The Labute approximate surface area is 112 Å². The molecule has 0 radical (unpaired) electrons. The number of benzene rings is 1. The first-order valence-electron chi connectivity index (χ1n) is 6.25. The highest BCUT2D eigenvalue weighted by atomic mass is 19.2. The summed E-state index contributed by atoms with van der Waals surface area (Å²) in [7, 11) is 1.64. The van der Waals surface area contributed by atoms with E-state index in [0.29, 0.717) is 5.92 Å². The fourth-order valence-corrected chi connectivity index (χ4v) is 1.98. The Bertz CT molecular complexity index is 475. The molecule has 1 aromatic carbocycles. The monoisotopic (exact) mass is 270 g/mol. The Hall–Kier alpha value is -1.65. The first-order chi connectivity index (χ1) is 8.73. The van der Waals surface area contributed by atoms with Crippen LogP contribution in [0.4, 0.5) is 14.5 Å². The standard InChI is InChI=1S/C14H20F2N2O/c1-8(2)5-9(3)18(4)14(19)10-6-11(15)12(16)7-13(10)17/h6-9H,5,17H2,1-4H3. The third-order valence-corrected chi connectivity index (χ3v) is 3.12. The molecule has 19 heavy (non-hydrogen) atoms. The molecular weight excluding hydrogens is 250 g/mol. The summed E-state index contributed by atoms with van der Waals surface area (Å²) in [5, 5.41) is 0. The molecule has 0 aromatic heterocycles. The number of hydrogen-bond donors (Lipinski definition) is 1. The van der Waals surface area contributed by atoms with Crippen molar-refractivity contribution in [3.8, 4) is 0 Å². The van der Waals surface area contributed by atoms with Crippen molar-refractivity contribution in [2.75, 3.05) is 12.8 Å². The average Bonchev–Trinajstić information content (AvgIpc) is 2.31. The second-order valence-corrected chi connectivity index (χ2v) is 5.25. The number of nitrogens with two attached hydrogens (primary N) is 1. The minimum Gasteiger partial charge on any atom is -0.398 e. The van der Waals surface area contributed by atoms with E-state index in [4.69, 9.17) is 5.73 Å². The van der Waals surface area contributed by atoms with Gasteiger partial charge < -0.3 is 10.6 Å². The summed E-state index contributed by atoms with van der Waals surface area (Å²) in [4.78, 5) is 13.7. The number of nitrogen functional groups attached to an aromatic ring is 1. The topological polar surface area (TPSA) is 46.3 Å². The van der Waals surface area contributed by atoms with Crippen LogP contribution in [-0.4, -0.2) is 23.9 Å². The molecule has 0 saturated heterocycles. The fraction of sp³-hybridized carbons (Fsp3) is 0.500. The maximum atomic E-state index is 13.2. The summed E-state index contributed by atoms with van der Waals surface area (Å²) >= 11 is 0. The minimum absolute atomic E-state index is 0.0000132. The van der Waals surface area contributed by atoms with Crippen molar-refractivity contribution < 1.29 is 13.6 Å². The molecule has 1 atom stereocenters. The Balaban J connectivity index is 2.97. The number of anilines is 1. The van der Waals surface area contributed by atoms with Crippen LogP contribution >= 0.6 is 0 Å². The zero-order valence-electron chi connectivity index (χ0n) is 11.7. The van der Waals surface area contributed by atoms with Crippen molar-refractivity contribution in [2.24, 2.45) is 5.92 Å². The van der Waals surface area contributed by atoms with Crippen LogP contribution in [0.15, 0.2) is 12.1 Å². The maximum absolute atomic E-state index is 13.2. The van der Waals surface area contributed by atoms with Gasteiger partial charge >= 0.3 is 0 Å². The zero-order chi connectivity index (χ0) is 14.7. The summed E-state index contributed by atoms with van der Waals surface area (Å²) < 4.78 is 26.2. The largest absolute Gasteiger partial charge is 0.398 e. The van der Waals surface area contributed by atoms with Gasteiger partial charge in [-0.3, -0.25) is 4.79 Å². The molecule has 0 saturated carbocycles. The minimum atomic E-state index is -1.07. The predicted molar refractivity (Wildman–Crippen MR) is 71.8 cm³/mol. The SMILES string of the molecule is CC(C)CC(C)N(C)C(=O)c1cc(F)c(F)cc1N. The van der Waals surface area contributed by atoms with Crippen LogP contribution in [0.3, 0.4) is 0 Å². The number of hydrogen-bond acceptors (Lipinski definition) is 2. The average molecular weight is 270 g/mol. The van der Waals surface area contributed by atoms with Gasteiger partial charge in [0.2, 0.25) is 0 Å². The molecule has 3 nitrogen and oxygen atoms in total. The van der Waals surface area contributed by atoms with Crippen molar-refractivity contribution in [2.45, 2.75) is 33.2 Å². The lowest BCUT2D eigenvalue weighted by molar-refractivity contribution is 0.0728. The predicted octanol–water partition coefficient (Wildman–Crippen LogP) is 3.05. The molecule has 1 unspecified atom stereocenters. The zero-order valence-corrected chi connectivity index (χ0v) is 11.7. The first kappa shape index (κ1) is 15.4. The Morgan fingerprint density at radius 3 is 2.32 bits per heavy atom. The molecule has 0 spiro atoms. The van der Waals surface area contributed by atoms with Crippen LogP contribution in [0.5, 0.6) is 0 Å². The Morgan fingerprint density at radius 1 is 1.26 bits per heavy atom. The molecule has 0 bridgehead atoms. The van der Waals surface area contributed by atoms with Crippen LogP contribution < -0.4 is 5.73 Å². The molecular formula is C14H20F2N2O. The fourth-order valence-electron chi connectivity index (χ4n) is 1.98. The van der Waals surface area contributed by atoms with E-state index in [-0.39, 0.29) is 17.3 Å². The van der Waals surface area contributed by atoms with E-state index in [2.05, 4.69) is 13.8 Å². The van der Waals surface area contributed by atoms with Gasteiger partial charge in [-0.1, -0.05) is 13.8 Å². The lowest BCUT2D eigenvalue weighted by atomic mass is 10.0. The molecule has 0 aliphatic heterocycles. The second kappa shape index (κ2) is 5.99. The van der Waals surface area contributed by atoms with Gasteiger partial charge in [0.1, 0.15) is 0 Å². The van der Waals surface area contributed by atoms with E-state index in [0.717, 1.165) is 18.6 Å². The van der Waals surface area contributed by atoms with Gasteiger partial charge in [-0.25, -0.2) is 8.78 Å². The maximum Gasteiger partial charge on any atom is 0.256 e. The smallest absolute Gasteiger partial charge is 0.256 e. The van der Waals surface area contributed by atoms with Gasteiger partial charge in [-0.05, 0) is 25.3 Å². The van der Waals surface area contributed by atoms with Crippen LogP contribution in [0.25, 0.3) is 0 Å². The van der Waals surface area contributed by atoms with E-state index in [9.17, 15) is 13.6 Å². The third-order valence-electron chi connectivity index (χ3n) is 3.12. The van der Waals surface area contributed by atoms with E-state index in [1.807, 2.05) is 6.92 Å². The summed E-state index contributed by atoms with van der Waals surface area (Å²) in [5.41, 5.74) is 5.52. The quantitative estimate of drug-likeness (QED) is 0.855. The molecule has 1 aromatic rings. The highest BCUT2D eigenvalue weighted by molar-refractivity contribution is 5.99. The van der Waals surface area contributed by atoms with Crippen molar-refractivity contribution in [3.63, 3.8) is 0 Å². The van der Waals surface area contributed by atoms with Crippen LogP contribution in [-0.2, 0) is 0 Å². The van der Waals surface area contributed by atoms with Crippen LogP contribution in [0.1, 0.15) is 37.6 Å². The van der Waals surface area contributed by atoms with Crippen molar-refractivity contribution in [1.29, 1.82) is 0 Å². The molecule has 0 fully saturated rings. The van der Waals surface area contributed by atoms with E-state index >= 15 is 0 Å². The molecule has 106 valence electrons. The van der Waals surface area contributed by atoms with Gasteiger partial charge in [0, 0.05) is 24.8 Å². The number of carbonyl (C=O) groups is 1. The highest BCUT2D eigenvalue weighted by Gasteiger charge is 2.21. The number of carbonyl (C=O) groups excluding carboxylic acids is 1. The second-order valence-electron chi connectivity index (χ2n) is 5.25. The summed E-state index contributed by atoms with van der Waals surface area (Å²) in [6.45, 7) is 6.02. The number of halogens is 2. The third kappa shape index (κ3) is 3.66. The lowest BCUT2D eigenvalue weighted by Gasteiger charge is -2.27. The molecule has 1 amide bonds. The van der Waals surface area contributed by atoms with Crippen molar-refractivity contribution in [1.82, 2.24) is 4.90 Å². The number of rotatable bonds is 4. The van der Waals surface area contributed by atoms with Gasteiger partial charge in [0.25, 0.3) is 5.91 Å². The summed E-state index contributed by atoms with van der Waals surface area (Å²) in [6, 6.07) is 1.69. The molecule has 5 heteroatoms. The van der Waals surface area contributed by atoms with Gasteiger partial charge in [-0.2, -0.15) is 0 Å². The van der Waals surface area contributed by atoms with E-state index in [1.54, 1.807) is 7.05 Å². The van der Waals surface area contributed by atoms with Crippen LogP contribution in [0.2, 0.25) is 0 Å². The van der Waals surface area contributed by atoms with Gasteiger partial charge in [0.15, 0.2) is 11.6 Å². The van der Waals surface area contributed by atoms with Gasteiger partial charge in [-0.15, -0.1) is 0 Å². The molecule has 0 heterocycles. The van der Waals surface area contributed by atoms with E-state index in [1.165, 1.54) is 4.90 Å². The molecule has 0 aliphatic rings. The van der Waals surface area contributed by atoms with Crippen LogP contribution in [0, 0.1) is 17.6 Å². The normalized spacial score (nSPS) is 12.6. The molecule has 2 N–H and O–H groups in total.